The van der Waals surface area contributed by atoms with Crippen LogP contribution in [0.3, 0.4) is 0 Å². The standard InChI is InChI=1S/C12H15FN2O2/c1-17-8-6-11(14-7-8)12(16)15-10-5-3-2-4-9(10)13/h2-5,8,11,14H,6-7H2,1H3,(H,15,16). The highest BCUT2D eigenvalue weighted by Crippen LogP contribution is 2.15. The molecule has 0 bridgehead atoms. The van der Waals surface area contributed by atoms with Gasteiger partial charge in [-0.3, -0.25) is 4.79 Å². The Balaban J connectivity index is 1.96. The van der Waals surface area contributed by atoms with Gasteiger partial charge in [-0.05, 0) is 18.6 Å². The largest absolute Gasteiger partial charge is 0.380 e. The van der Waals surface area contributed by atoms with Crippen LogP contribution < -0.4 is 10.6 Å². The number of hydrogen-bond donors (Lipinski definition) is 2. The van der Waals surface area contributed by atoms with Crippen LogP contribution in [0, 0.1) is 5.82 Å². The molecule has 1 amide bonds. The molecule has 2 N–H and O–H groups in total. The van der Waals surface area contributed by atoms with Crippen molar-refractivity contribution >= 4 is 11.6 Å². The lowest BCUT2D eigenvalue weighted by molar-refractivity contribution is -0.118. The molecule has 2 rings (SSSR count). The summed E-state index contributed by atoms with van der Waals surface area (Å²) in [6.07, 6.45) is 0.655. The maximum atomic E-state index is 13.3. The quantitative estimate of drug-likeness (QED) is 0.830. The Bertz CT molecular complexity index is 411. The molecular weight excluding hydrogens is 223 g/mol. The summed E-state index contributed by atoms with van der Waals surface area (Å²) in [7, 11) is 1.61. The maximum Gasteiger partial charge on any atom is 0.241 e. The Morgan fingerprint density at radius 2 is 2.29 bits per heavy atom. The predicted octanol–water partition coefficient (Wildman–Crippen LogP) is 1.14. The number of anilines is 1. The van der Waals surface area contributed by atoms with Gasteiger partial charge in [-0.15, -0.1) is 0 Å². The van der Waals surface area contributed by atoms with Crippen molar-refractivity contribution in [1.29, 1.82) is 0 Å². The molecule has 1 aromatic rings. The Kier molecular flexibility index (Phi) is 3.71. The summed E-state index contributed by atoms with van der Waals surface area (Å²) in [5, 5.41) is 5.60. The van der Waals surface area contributed by atoms with Crippen molar-refractivity contribution in [2.75, 3.05) is 19.0 Å². The topological polar surface area (TPSA) is 50.4 Å². The number of hydrogen-bond acceptors (Lipinski definition) is 3. The number of methoxy groups -OCH3 is 1. The Hall–Kier alpha value is -1.46. The lowest BCUT2D eigenvalue weighted by Crippen LogP contribution is -2.35. The Morgan fingerprint density at radius 3 is 2.94 bits per heavy atom. The summed E-state index contributed by atoms with van der Waals surface area (Å²) >= 11 is 0. The number of halogens is 1. The van der Waals surface area contributed by atoms with E-state index in [4.69, 9.17) is 4.74 Å². The van der Waals surface area contributed by atoms with Crippen molar-refractivity contribution in [3.8, 4) is 0 Å². The van der Waals surface area contributed by atoms with Gasteiger partial charge in [0.15, 0.2) is 0 Å². The number of nitrogens with one attached hydrogen (secondary N) is 2. The van der Waals surface area contributed by atoms with Crippen LogP contribution in [0.15, 0.2) is 24.3 Å². The van der Waals surface area contributed by atoms with Crippen LogP contribution in [0.1, 0.15) is 6.42 Å². The molecule has 1 aliphatic heterocycles. The minimum atomic E-state index is -0.429. The maximum absolute atomic E-state index is 13.3. The highest BCUT2D eigenvalue weighted by Gasteiger charge is 2.29. The first kappa shape index (κ1) is 12.0. The molecule has 5 heteroatoms. The number of ether oxygens (including phenoxy) is 1. The van der Waals surface area contributed by atoms with Crippen molar-refractivity contribution in [2.45, 2.75) is 18.6 Å². The van der Waals surface area contributed by atoms with E-state index in [-0.39, 0.29) is 23.7 Å². The van der Waals surface area contributed by atoms with Gasteiger partial charge < -0.3 is 15.4 Å². The first-order chi connectivity index (χ1) is 8.20. The fraction of sp³-hybridized carbons (Fsp3) is 0.417. The van der Waals surface area contributed by atoms with E-state index in [9.17, 15) is 9.18 Å². The Morgan fingerprint density at radius 1 is 1.53 bits per heavy atom. The second-order valence-electron chi connectivity index (χ2n) is 4.02. The molecule has 0 aromatic heterocycles. The third-order valence-electron chi connectivity index (χ3n) is 2.87. The molecule has 0 saturated carbocycles. The average molecular weight is 238 g/mol. The van der Waals surface area contributed by atoms with Gasteiger partial charge in [0.05, 0.1) is 17.8 Å². The van der Waals surface area contributed by atoms with Crippen LogP contribution in [0.4, 0.5) is 10.1 Å². The van der Waals surface area contributed by atoms with Gasteiger partial charge in [-0.1, -0.05) is 12.1 Å². The molecule has 17 heavy (non-hydrogen) atoms. The monoisotopic (exact) mass is 238 g/mol. The smallest absolute Gasteiger partial charge is 0.241 e. The number of carbonyl (C=O) groups is 1. The Labute approximate surface area is 99.2 Å². The first-order valence-corrected chi connectivity index (χ1v) is 5.52. The number of para-hydroxylation sites is 1. The molecule has 2 atom stereocenters. The molecule has 92 valence electrons. The molecular formula is C12H15FN2O2. The van der Waals surface area contributed by atoms with Crippen LogP contribution in [0.5, 0.6) is 0 Å². The summed E-state index contributed by atoms with van der Waals surface area (Å²) < 4.78 is 18.5. The minimum absolute atomic E-state index is 0.0476. The molecule has 2 unspecified atom stereocenters. The lowest BCUT2D eigenvalue weighted by atomic mass is 10.2. The van der Waals surface area contributed by atoms with E-state index in [0.717, 1.165) is 0 Å². The van der Waals surface area contributed by atoms with E-state index < -0.39 is 5.82 Å². The molecule has 0 aliphatic carbocycles. The molecule has 1 heterocycles. The molecule has 0 spiro atoms. The van der Waals surface area contributed by atoms with Gasteiger partial charge >= 0.3 is 0 Å². The van der Waals surface area contributed by atoms with Gasteiger partial charge in [0.25, 0.3) is 0 Å². The molecule has 0 radical (unpaired) electrons. The van der Waals surface area contributed by atoms with E-state index in [0.29, 0.717) is 13.0 Å². The summed E-state index contributed by atoms with van der Waals surface area (Å²) in [6, 6.07) is 5.80. The second kappa shape index (κ2) is 5.25. The van der Waals surface area contributed by atoms with Gasteiger partial charge in [-0.25, -0.2) is 4.39 Å². The second-order valence-corrected chi connectivity index (χ2v) is 4.02. The molecule has 1 aliphatic rings. The van der Waals surface area contributed by atoms with Crippen molar-refractivity contribution in [3.05, 3.63) is 30.1 Å². The number of benzene rings is 1. The molecule has 4 nitrogen and oxygen atoms in total. The van der Waals surface area contributed by atoms with Crippen LogP contribution in [-0.2, 0) is 9.53 Å². The van der Waals surface area contributed by atoms with E-state index in [1.54, 1.807) is 19.2 Å². The zero-order valence-corrected chi connectivity index (χ0v) is 9.57. The summed E-state index contributed by atoms with van der Waals surface area (Å²) in [5.74, 6) is -0.656. The molecule has 1 saturated heterocycles. The van der Waals surface area contributed by atoms with E-state index in [2.05, 4.69) is 10.6 Å². The molecule has 1 fully saturated rings. The summed E-state index contributed by atoms with van der Waals surface area (Å²) in [5.41, 5.74) is 0.208. The normalized spacial score (nSPS) is 23.6. The highest BCUT2D eigenvalue weighted by atomic mass is 19.1. The first-order valence-electron chi connectivity index (χ1n) is 5.52. The van der Waals surface area contributed by atoms with Gasteiger partial charge in [0.2, 0.25) is 5.91 Å². The zero-order chi connectivity index (χ0) is 12.3. The van der Waals surface area contributed by atoms with Crippen LogP contribution >= 0.6 is 0 Å². The van der Waals surface area contributed by atoms with Crippen molar-refractivity contribution in [1.82, 2.24) is 5.32 Å². The van der Waals surface area contributed by atoms with Crippen molar-refractivity contribution < 1.29 is 13.9 Å². The SMILES string of the molecule is COC1CNC(C(=O)Nc2ccccc2F)C1. The third-order valence-corrected chi connectivity index (χ3v) is 2.87. The van der Waals surface area contributed by atoms with Crippen molar-refractivity contribution in [3.63, 3.8) is 0 Å². The fourth-order valence-electron chi connectivity index (χ4n) is 1.86. The molecule has 1 aromatic carbocycles. The van der Waals surface area contributed by atoms with Gasteiger partial charge in [0, 0.05) is 13.7 Å². The van der Waals surface area contributed by atoms with E-state index in [1.165, 1.54) is 12.1 Å². The van der Waals surface area contributed by atoms with Crippen LogP contribution in [0.2, 0.25) is 0 Å². The lowest BCUT2D eigenvalue weighted by Gasteiger charge is -2.11. The van der Waals surface area contributed by atoms with Crippen molar-refractivity contribution in [2.24, 2.45) is 0 Å². The highest BCUT2D eigenvalue weighted by molar-refractivity contribution is 5.95. The number of carbonyl (C=O) groups excluding carboxylic acids is 1. The van der Waals surface area contributed by atoms with Crippen LogP contribution in [-0.4, -0.2) is 31.7 Å². The van der Waals surface area contributed by atoms with E-state index in [1.807, 2.05) is 0 Å². The fourth-order valence-corrected chi connectivity index (χ4v) is 1.86. The zero-order valence-electron chi connectivity index (χ0n) is 9.57. The average Bonchev–Trinajstić information content (AvgIpc) is 2.81. The summed E-state index contributed by atoms with van der Waals surface area (Å²) in [4.78, 5) is 11.8. The third kappa shape index (κ3) is 2.81. The van der Waals surface area contributed by atoms with Crippen LogP contribution in [0.25, 0.3) is 0 Å². The van der Waals surface area contributed by atoms with Gasteiger partial charge in [-0.2, -0.15) is 0 Å². The predicted molar refractivity (Wildman–Crippen MR) is 62.2 cm³/mol. The number of amides is 1. The van der Waals surface area contributed by atoms with E-state index >= 15 is 0 Å². The summed E-state index contributed by atoms with van der Waals surface area (Å²) in [6.45, 7) is 0.645. The van der Waals surface area contributed by atoms with Gasteiger partial charge in [0.1, 0.15) is 5.82 Å². The minimum Gasteiger partial charge on any atom is -0.380 e. The number of rotatable bonds is 3.